The number of benzene rings is 2. The van der Waals surface area contributed by atoms with Gasteiger partial charge >= 0.3 is 0 Å². The smallest absolute Gasteiger partial charge is 0.278 e. The molecule has 0 unspecified atom stereocenters. The zero-order valence-corrected chi connectivity index (χ0v) is 18.1. The van der Waals surface area contributed by atoms with Gasteiger partial charge in [0.2, 0.25) is 0 Å². The highest BCUT2D eigenvalue weighted by atomic mass is 19.1. The second-order valence-electron chi connectivity index (χ2n) is 7.69. The minimum atomic E-state index is -0.425. The molecule has 1 amide bonds. The molecule has 4 rings (SSSR count). The lowest BCUT2D eigenvalue weighted by Crippen LogP contribution is -2.15. The molecule has 7 nitrogen and oxygen atoms in total. The Labute approximate surface area is 184 Å². The summed E-state index contributed by atoms with van der Waals surface area (Å²) in [6, 6.07) is 12.2. The Balaban J connectivity index is 1.43. The Kier molecular flexibility index (Phi) is 6.02. The van der Waals surface area contributed by atoms with Crippen molar-refractivity contribution in [2.45, 2.75) is 33.9 Å². The average molecular weight is 434 g/mol. The van der Waals surface area contributed by atoms with E-state index in [-0.39, 0.29) is 18.1 Å². The molecule has 2 heterocycles. The maximum atomic E-state index is 13.4. The molecular formula is C24H23FN4O3. The molecule has 0 atom stereocenters. The number of carbonyl (C=O) groups is 1. The lowest BCUT2D eigenvalue weighted by molar-refractivity contribution is 0.101. The maximum Gasteiger partial charge on any atom is 0.278 e. The number of carbonyl (C=O) groups excluding carboxylic acids is 1. The number of aryl methyl sites for hydroxylation is 3. The number of hydrogen-bond acceptors (Lipinski definition) is 5. The fourth-order valence-electron chi connectivity index (χ4n) is 3.44. The zero-order valence-electron chi connectivity index (χ0n) is 18.1. The van der Waals surface area contributed by atoms with Crippen LogP contribution in [0.1, 0.15) is 38.5 Å². The summed E-state index contributed by atoms with van der Waals surface area (Å²) in [6.45, 7) is 6.27. The Hall–Kier alpha value is -3.94. The van der Waals surface area contributed by atoms with E-state index >= 15 is 0 Å². The van der Waals surface area contributed by atoms with Crippen LogP contribution in [0.5, 0.6) is 5.75 Å². The van der Waals surface area contributed by atoms with Crippen molar-refractivity contribution in [1.29, 1.82) is 0 Å². The number of amides is 1. The van der Waals surface area contributed by atoms with E-state index in [1.54, 1.807) is 23.9 Å². The van der Waals surface area contributed by atoms with Crippen molar-refractivity contribution in [3.63, 3.8) is 0 Å². The standard InChI is InChI=1S/C24H23FN4O3/c1-15-7-16(2)9-21(8-15)31-14-22-17(3)32-28-23(22)24(30)27-20-11-26-29(13-20)12-18-5-4-6-19(25)10-18/h4-11,13H,12,14H2,1-3H3,(H,27,30). The third-order valence-electron chi connectivity index (χ3n) is 4.90. The molecule has 0 aliphatic heterocycles. The summed E-state index contributed by atoms with van der Waals surface area (Å²) in [5.41, 5.74) is 4.18. The highest BCUT2D eigenvalue weighted by molar-refractivity contribution is 6.03. The fourth-order valence-corrected chi connectivity index (χ4v) is 3.44. The van der Waals surface area contributed by atoms with Crippen LogP contribution in [-0.4, -0.2) is 20.8 Å². The first-order valence-electron chi connectivity index (χ1n) is 10.1. The van der Waals surface area contributed by atoms with Gasteiger partial charge in [0, 0.05) is 6.20 Å². The van der Waals surface area contributed by atoms with E-state index in [1.807, 2.05) is 32.0 Å². The molecule has 32 heavy (non-hydrogen) atoms. The molecule has 0 spiro atoms. The number of aromatic nitrogens is 3. The third-order valence-corrected chi connectivity index (χ3v) is 4.90. The van der Waals surface area contributed by atoms with Crippen molar-refractivity contribution in [2.24, 2.45) is 0 Å². The fraction of sp³-hybridized carbons (Fsp3) is 0.208. The molecule has 2 aromatic carbocycles. The van der Waals surface area contributed by atoms with Crippen molar-refractivity contribution < 1.29 is 18.4 Å². The molecular weight excluding hydrogens is 411 g/mol. The summed E-state index contributed by atoms with van der Waals surface area (Å²) < 4.78 is 26.1. The largest absolute Gasteiger partial charge is 0.489 e. The van der Waals surface area contributed by atoms with Crippen LogP contribution >= 0.6 is 0 Å². The van der Waals surface area contributed by atoms with Gasteiger partial charge < -0.3 is 14.6 Å². The molecule has 0 fully saturated rings. The van der Waals surface area contributed by atoms with Gasteiger partial charge in [0.15, 0.2) is 5.69 Å². The van der Waals surface area contributed by atoms with E-state index in [4.69, 9.17) is 9.26 Å². The van der Waals surface area contributed by atoms with Gasteiger partial charge in [-0.3, -0.25) is 9.48 Å². The molecule has 0 radical (unpaired) electrons. The normalized spacial score (nSPS) is 10.9. The monoisotopic (exact) mass is 434 g/mol. The average Bonchev–Trinajstić information content (AvgIpc) is 3.31. The summed E-state index contributed by atoms with van der Waals surface area (Å²) in [7, 11) is 0. The molecule has 0 aliphatic carbocycles. The van der Waals surface area contributed by atoms with Crippen LogP contribution in [0.25, 0.3) is 0 Å². The topological polar surface area (TPSA) is 82.2 Å². The van der Waals surface area contributed by atoms with E-state index in [0.717, 1.165) is 16.7 Å². The van der Waals surface area contributed by atoms with Gasteiger partial charge in [0.1, 0.15) is 23.9 Å². The van der Waals surface area contributed by atoms with E-state index in [1.165, 1.54) is 18.3 Å². The van der Waals surface area contributed by atoms with Gasteiger partial charge in [0.05, 0.1) is 24.0 Å². The van der Waals surface area contributed by atoms with E-state index in [2.05, 4.69) is 21.6 Å². The number of nitrogens with zero attached hydrogens (tertiary/aromatic N) is 3. The summed E-state index contributed by atoms with van der Waals surface area (Å²) in [5.74, 6) is 0.501. The van der Waals surface area contributed by atoms with Crippen molar-refractivity contribution in [3.05, 3.63) is 94.4 Å². The quantitative estimate of drug-likeness (QED) is 0.451. The van der Waals surface area contributed by atoms with Crippen LogP contribution < -0.4 is 10.1 Å². The van der Waals surface area contributed by atoms with Gasteiger partial charge in [-0.05, 0) is 61.7 Å². The van der Waals surface area contributed by atoms with Crippen molar-refractivity contribution >= 4 is 11.6 Å². The van der Waals surface area contributed by atoms with Crippen LogP contribution in [-0.2, 0) is 13.2 Å². The van der Waals surface area contributed by atoms with E-state index in [9.17, 15) is 9.18 Å². The summed E-state index contributed by atoms with van der Waals surface area (Å²) in [5, 5.41) is 10.9. The number of anilines is 1. The molecule has 4 aromatic rings. The Morgan fingerprint density at radius 2 is 1.94 bits per heavy atom. The summed E-state index contributed by atoms with van der Waals surface area (Å²) >= 11 is 0. The predicted molar refractivity (Wildman–Crippen MR) is 117 cm³/mol. The summed E-state index contributed by atoms with van der Waals surface area (Å²) in [6.07, 6.45) is 3.19. The number of ether oxygens (including phenoxy) is 1. The van der Waals surface area contributed by atoms with Gasteiger partial charge in [-0.1, -0.05) is 23.4 Å². The van der Waals surface area contributed by atoms with Crippen LogP contribution in [0.3, 0.4) is 0 Å². The number of hydrogen-bond donors (Lipinski definition) is 1. The second kappa shape index (κ2) is 9.05. The lowest BCUT2D eigenvalue weighted by atomic mass is 10.1. The summed E-state index contributed by atoms with van der Waals surface area (Å²) in [4.78, 5) is 12.8. The molecule has 2 aromatic heterocycles. The lowest BCUT2D eigenvalue weighted by Gasteiger charge is -2.08. The molecule has 1 N–H and O–H groups in total. The Morgan fingerprint density at radius 1 is 1.16 bits per heavy atom. The molecule has 0 aliphatic rings. The number of halogens is 1. The van der Waals surface area contributed by atoms with Gasteiger partial charge in [-0.25, -0.2) is 4.39 Å². The first-order chi connectivity index (χ1) is 15.4. The third kappa shape index (κ3) is 5.03. The first-order valence-corrected chi connectivity index (χ1v) is 10.1. The minimum absolute atomic E-state index is 0.153. The Bertz CT molecular complexity index is 1240. The van der Waals surface area contributed by atoms with Crippen LogP contribution in [0, 0.1) is 26.6 Å². The van der Waals surface area contributed by atoms with Gasteiger partial charge in [-0.15, -0.1) is 0 Å². The number of rotatable bonds is 7. The van der Waals surface area contributed by atoms with Crippen LogP contribution in [0.15, 0.2) is 59.4 Å². The van der Waals surface area contributed by atoms with Crippen molar-refractivity contribution in [3.8, 4) is 5.75 Å². The van der Waals surface area contributed by atoms with Crippen molar-refractivity contribution in [2.75, 3.05) is 5.32 Å². The Morgan fingerprint density at radius 3 is 2.69 bits per heavy atom. The molecule has 164 valence electrons. The molecule has 0 saturated heterocycles. The zero-order chi connectivity index (χ0) is 22.7. The molecule has 0 bridgehead atoms. The molecule has 8 heteroatoms. The number of nitrogens with one attached hydrogen (secondary N) is 1. The van der Waals surface area contributed by atoms with Crippen molar-refractivity contribution in [1.82, 2.24) is 14.9 Å². The highest BCUT2D eigenvalue weighted by Gasteiger charge is 2.21. The van der Waals surface area contributed by atoms with E-state index in [0.29, 0.717) is 29.3 Å². The molecule has 0 saturated carbocycles. The first kappa shape index (κ1) is 21.3. The predicted octanol–water partition coefficient (Wildman–Crippen LogP) is 4.82. The highest BCUT2D eigenvalue weighted by Crippen LogP contribution is 2.21. The second-order valence-corrected chi connectivity index (χ2v) is 7.69. The van der Waals surface area contributed by atoms with Gasteiger partial charge in [0.25, 0.3) is 5.91 Å². The van der Waals surface area contributed by atoms with Crippen LogP contribution in [0.2, 0.25) is 0 Å². The van der Waals surface area contributed by atoms with Gasteiger partial charge in [-0.2, -0.15) is 5.10 Å². The minimum Gasteiger partial charge on any atom is -0.489 e. The van der Waals surface area contributed by atoms with E-state index < -0.39 is 5.91 Å². The van der Waals surface area contributed by atoms with Crippen LogP contribution in [0.4, 0.5) is 10.1 Å². The maximum absolute atomic E-state index is 13.4. The SMILES string of the molecule is Cc1cc(C)cc(OCc2c(C(=O)Nc3cnn(Cc4cccc(F)c4)c3)noc2C)c1.